The zero-order chi connectivity index (χ0) is 8.74. The SMILES string of the molecule is C=CC[N+](CC)(CC)CC=C.[OH-]. The summed E-state index contributed by atoms with van der Waals surface area (Å²) in [4.78, 5) is 0. The smallest absolute Gasteiger partial charge is 0.0973 e. The summed E-state index contributed by atoms with van der Waals surface area (Å²) in [6, 6.07) is 0. The minimum Gasteiger partial charge on any atom is -0.870 e. The van der Waals surface area contributed by atoms with Gasteiger partial charge >= 0.3 is 0 Å². The Hall–Kier alpha value is -0.600. The molecule has 0 rings (SSSR count). The first-order chi connectivity index (χ1) is 5.24. The largest absolute Gasteiger partial charge is 0.870 e. The van der Waals surface area contributed by atoms with Gasteiger partial charge in [-0.05, 0) is 26.0 Å². The van der Waals surface area contributed by atoms with E-state index < -0.39 is 0 Å². The summed E-state index contributed by atoms with van der Waals surface area (Å²) in [7, 11) is 0. The molecule has 0 atom stereocenters. The van der Waals surface area contributed by atoms with Crippen molar-refractivity contribution in [1.29, 1.82) is 0 Å². The van der Waals surface area contributed by atoms with E-state index in [2.05, 4.69) is 27.0 Å². The molecule has 0 bridgehead atoms. The predicted octanol–water partition coefficient (Wildman–Crippen LogP) is 2.04. The maximum absolute atomic E-state index is 3.77. The fourth-order valence-electron chi connectivity index (χ4n) is 1.36. The van der Waals surface area contributed by atoms with Crippen LogP contribution in [-0.2, 0) is 0 Å². The number of rotatable bonds is 6. The predicted molar refractivity (Wildman–Crippen MR) is 53.4 cm³/mol. The minimum atomic E-state index is 0. The average Bonchev–Trinajstić information content (AvgIpc) is 2.04. The van der Waals surface area contributed by atoms with Crippen LogP contribution in [0, 0.1) is 0 Å². The van der Waals surface area contributed by atoms with Crippen LogP contribution in [0.1, 0.15) is 13.8 Å². The van der Waals surface area contributed by atoms with Gasteiger partial charge in [0.1, 0.15) is 0 Å². The van der Waals surface area contributed by atoms with E-state index in [4.69, 9.17) is 0 Å². The molecule has 1 N–H and O–H groups in total. The van der Waals surface area contributed by atoms with Crippen LogP contribution in [0.5, 0.6) is 0 Å². The number of hydrogen-bond donors (Lipinski definition) is 0. The van der Waals surface area contributed by atoms with Crippen LogP contribution in [0.4, 0.5) is 0 Å². The van der Waals surface area contributed by atoms with Gasteiger partial charge in [-0.3, -0.25) is 0 Å². The van der Waals surface area contributed by atoms with Gasteiger partial charge in [0, 0.05) is 0 Å². The summed E-state index contributed by atoms with van der Waals surface area (Å²) < 4.78 is 1.09. The third kappa shape index (κ3) is 3.69. The van der Waals surface area contributed by atoms with Crippen LogP contribution in [-0.4, -0.2) is 36.1 Å². The summed E-state index contributed by atoms with van der Waals surface area (Å²) >= 11 is 0. The molecule has 0 aliphatic heterocycles. The summed E-state index contributed by atoms with van der Waals surface area (Å²) in [6.45, 7) is 16.4. The lowest BCUT2D eigenvalue weighted by atomic mass is 10.3. The molecule has 0 aromatic rings. The first-order valence-electron chi connectivity index (χ1n) is 4.31. The lowest BCUT2D eigenvalue weighted by Crippen LogP contribution is -2.47. The van der Waals surface area contributed by atoms with Crippen LogP contribution >= 0.6 is 0 Å². The highest BCUT2D eigenvalue weighted by atomic mass is 16.0. The highest BCUT2D eigenvalue weighted by Gasteiger charge is 2.18. The average molecular weight is 171 g/mol. The van der Waals surface area contributed by atoms with Gasteiger partial charge in [0.2, 0.25) is 0 Å². The third-order valence-electron chi connectivity index (χ3n) is 2.37. The standard InChI is InChI=1S/C10H20N.H2O/c1-5-9-11(7-3,8-4)10-6-2;/h5-6H,1-2,7-10H2,3-4H3;1H2/q+1;/p-1. The second kappa shape index (κ2) is 7.07. The Balaban J connectivity index is 0. The third-order valence-corrected chi connectivity index (χ3v) is 2.37. The molecule has 0 aliphatic rings. The second-order valence-corrected chi connectivity index (χ2v) is 2.92. The number of hydrogen-bond acceptors (Lipinski definition) is 1. The lowest BCUT2D eigenvalue weighted by molar-refractivity contribution is -0.914. The first-order valence-corrected chi connectivity index (χ1v) is 4.31. The molecule has 0 spiro atoms. The van der Waals surface area contributed by atoms with Crippen LogP contribution in [0.3, 0.4) is 0 Å². The van der Waals surface area contributed by atoms with E-state index in [9.17, 15) is 0 Å². The van der Waals surface area contributed by atoms with Gasteiger partial charge in [0.05, 0.1) is 26.2 Å². The summed E-state index contributed by atoms with van der Waals surface area (Å²) in [5, 5.41) is 0. The van der Waals surface area contributed by atoms with Crippen molar-refractivity contribution in [2.45, 2.75) is 13.8 Å². The van der Waals surface area contributed by atoms with Crippen molar-refractivity contribution in [3.8, 4) is 0 Å². The highest BCUT2D eigenvalue weighted by molar-refractivity contribution is 4.71. The maximum Gasteiger partial charge on any atom is 0.0973 e. The molecule has 0 unspecified atom stereocenters. The van der Waals surface area contributed by atoms with Crippen molar-refractivity contribution in [3.05, 3.63) is 25.3 Å². The van der Waals surface area contributed by atoms with Crippen molar-refractivity contribution < 1.29 is 9.96 Å². The number of quaternary nitrogens is 1. The van der Waals surface area contributed by atoms with Crippen LogP contribution < -0.4 is 0 Å². The molecule has 0 saturated carbocycles. The monoisotopic (exact) mass is 171 g/mol. The van der Waals surface area contributed by atoms with Gasteiger partial charge in [0.25, 0.3) is 0 Å². The van der Waals surface area contributed by atoms with Crippen LogP contribution in [0.15, 0.2) is 25.3 Å². The lowest BCUT2D eigenvalue weighted by Gasteiger charge is -2.34. The van der Waals surface area contributed by atoms with Gasteiger partial charge in [-0.1, -0.05) is 13.2 Å². The van der Waals surface area contributed by atoms with Gasteiger partial charge in [0.15, 0.2) is 0 Å². The Morgan fingerprint density at radius 3 is 1.50 bits per heavy atom. The molecular weight excluding hydrogens is 150 g/mol. The number of nitrogens with zero attached hydrogens (tertiary/aromatic N) is 1. The molecule has 2 nitrogen and oxygen atoms in total. The highest BCUT2D eigenvalue weighted by Crippen LogP contribution is 2.05. The zero-order valence-electron chi connectivity index (χ0n) is 8.29. The van der Waals surface area contributed by atoms with Crippen LogP contribution in [0.2, 0.25) is 0 Å². The maximum atomic E-state index is 3.77. The van der Waals surface area contributed by atoms with E-state index in [1.54, 1.807) is 0 Å². The minimum absolute atomic E-state index is 0. The van der Waals surface area contributed by atoms with E-state index in [0.717, 1.165) is 30.7 Å². The molecule has 0 aromatic carbocycles. The van der Waals surface area contributed by atoms with E-state index in [1.165, 1.54) is 0 Å². The quantitative estimate of drug-likeness (QED) is 0.444. The first kappa shape index (κ1) is 14.0. The van der Waals surface area contributed by atoms with Crippen molar-refractivity contribution in [2.75, 3.05) is 26.2 Å². The molecular formula is C10H21NO. The fraction of sp³-hybridized carbons (Fsp3) is 0.600. The van der Waals surface area contributed by atoms with Crippen LogP contribution in [0.25, 0.3) is 0 Å². The molecule has 0 amide bonds. The van der Waals surface area contributed by atoms with Gasteiger partial charge in [-0.25, -0.2) is 0 Å². The Morgan fingerprint density at radius 2 is 1.33 bits per heavy atom. The van der Waals surface area contributed by atoms with E-state index in [1.807, 2.05) is 12.2 Å². The molecule has 72 valence electrons. The van der Waals surface area contributed by atoms with E-state index >= 15 is 0 Å². The zero-order valence-corrected chi connectivity index (χ0v) is 8.29. The van der Waals surface area contributed by atoms with Gasteiger partial charge < -0.3 is 9.96 Å². The summed E-state index contributed by atoms with van der Waals surface area (Å²) in [5.74, 6) is 0. The molecule has 12 heavy (non-hydrogen) atoms. The molecule has 0 aliphatic carbocycles. The fourth-order valence-corrected chi connectivity index (χ4v) is 1.36. The van der Waals surface area contributed by atoms with Gasteiger partial charge in [-0.15, -0.1) is 0 Å². The molecule has 0 radical (unpaired) electrons. The molecule has 0 aromatic heterocycles. The van der Waals surface area contributed by atoms with Crippen molar-refractivity contribution in [1.82, 2.24) is 0 Å². The molecule has 0 fully saturated rings. The Labute approximate surface area is 76.1 Å². The van der Waals surface area contributed by atoms with E-state index in [0.29, 0.717) is 0 Å². The van der Waals surface area contributed by atoms with Crippen molar-refractivity contribution >= 4 is 0 Å². The topological polar surface area (TPSA) is 30.0 Å². The summed E-state index contributed by atoms with van der Waals surface area (Å²) in [5.41, 5.74) is 0. The Morgan fingerprint density at radius 1 is 1.00 bits per heavy atom. The molecule has 0 heterocycles. The molecule has 0 saturated heterocycles. The summed E-state index contributed by atoms with van der Waals surface area (Å²) in [6.07, 6.45) is 3.99. The number of likely N-dealkylation sites (N-methyl/N-ethyl adjacent to an activating group) is 1. The Bertz CT molecular complexity index is 116. The van der Waals surface area contributed by atoms with E-state index in [-0.39, 0.29) is 5.48 Å². The second-order valence-electron chi connectivity index (χ2n) is 2.92. The van der Waals surface area contributed by atoms with Crippen molar-refractivity contribution in [3.63, 3.8) is 0 Å². The van der Waals surface area contributed by atoms with Crippen molar-refractivity contribution in [2.24, 2.45) is 0 Å². The Kier molecular flexibility index (Phi) is 8.22. The van der Waals surface area contributed by atoms with Gasteiger partial charge in [-0.2, -0.15) is 0 Å². The normalized spacial score (nSPS) is 10.2. The molecule has 2 heteroatoms.